The molecule has 2 amide bonds. The lowest BCUT2D eigenvalue weighted by molar-refractivity contribution is -0.137. The Morgan fingerprint density at radius 3 is 2.39 bits per heavy atom. The van der Waals surface area contributed by atoms with Crippen molar-refractivity contribution in [2.45, 2.75) is 65.2 Å². The Hall–Kier alpha value is -1.58. The van der Waals surface area contributed by atoms with E-state index in [1.54, 1.807) is 0 Å². The van der Waals surface area contributed by atoms with Crippen molar-refractivity contribution in [1.82, 2.24) is 4.90 Å². The van der Waals surface area contributed by atoms with Gasteiger partial charge in [-0.3, -0.25) is 14.5 Å². The predicted molar refractivity (Wildman–Crippen MR) is 92.7 cm³/mol. The number of hydrogen-bond donors (Lipinski definition) is 0. The number of imide groups is 1. The molecule has 1 heterocycles. The first kappa shape index (κ1) is 19.5. The topological polar surface area (TPSA) is 46.6 Å². The van der Waals surface area contributed by atoms with Gasteiger partial charge in [-0.25, -0.2) is 0 Å². The Balaban J connectivity index is 2.08. The van der Waals surface area contributed by atoms with Crippen LogP contribution in [0.5, 0.6) is 0 Å². The van der Waals surface area contributed by atoms with Gasteiger partial charge in [0.25, 0.3) is 0 Å². The number of rotatable bonds is 12. The molecular weight excluding hydrogens is 290 g/mol. The molecule has 4 nitrogen and oxygen atoms in total. The van der Waals surface area contributed by atoms with Crippen LogP contribution in [-0.4, -0.2) is 29.9 Å². The molecule has 130 valence electrons. The Bertz CT molecular complexity index is 426. The van der Waals surface area contributed by atoms with E-state index < -0.39 is 0 Å². The lowest BCUT2D eigenvalue weighted by atomic mass is 9.97. The first-order valence-corrected chi connectivity index (χ1v) is 8.74. The standard InChI is InChI=1S/C19H31NO3/c1-5-17(4)23-13-7-10-15(2)8-6-9-16(3)14-20-18(21)11-12-19(20)22/h15H,3-14H2,1-2H3. The second-order valence-electron chi connectivity index (χ2n) is 6.50. The highest BCUT2D eigenvalue weighted by Crippen LogP contribution is 2.19. The molecule has 1 rings (SSSR count). The molecule has 4 heteroatoms. The van der Waals surface area contributed by atoms with Gasteiger partial charge in [0, 0.05) is 25.8 Å². The lowest BCUT2D eigenvalue weighted by Gasteiger charge is -2.16. The fraction of sp³-hybridized carbons (Fsp3) is 0.684. The van der Waals surface area contributed by atoms with Gasteiger partial charge < -0.3 is 4.74 Å². The molecule has 1 atom stereocenters. The maximum absolute atomic E-state index is 11.6. The molecule has 1 aliphatic heterocycles. The summed E-state index contributed by atoms with van der Waals surface area (Å²) in [6, 6.07) is 0. The van der Waals surface area contributed by atoms with Crippen molar-refractivity contribution in [3.63, 3.8) is 0 Å². The highest BCUT2D eigenvalue weighted by atomic mass is 16.5. The van der Waals surface area contributed by atoms with Crippen LogP contribution in [0, 0.1) is 5.92 Å². The molecule has 0 aliphatic carbocycles. The number of carbonyl (C=O) groups excluding carboxylic acids is 2. The van der Waals surface area contributed by atoms with Crippen molar-refractivity contribution >= 4 is 11.8 Å². The molecule has 23 heavy (non-hydrogen) atoms. The number of amides is 2. The maximum atomic E-state index is 11.6. The Morgan fingerprint density at radius 2 is 1.78 bits per heavy atom. The summed E-state index contributed by atoms with van der Waals surface area (Å²) in [4.78, 5) is 24.5. The van der Waals surface area contributed by atoms with Crippen molar-refractivity contribution in [2.75, 3.05) is 13.2 Å². The highest BCUT2D eigenvalue weighted by molar-refractivity contribution is 6.02. The van der Waals surface area contributed by atoms with Gasteiger partial charge in [-0.05, 0) is 31.6 Å². The molecule has 0 aromatic rings. The van der Waals surface area contributed by atoms with E-state index in [-0.39, 0.29) is 11.8 Å². The zero-order chi connectivity index (χ0) is 17.2. The summed E-state index contributed by atoms with van der Waals surface area (Å²) < 4.78 is 5.50. The molecule has 1 aliphatic rings. The maximum Gasteiger partial charge on any atom is 0.229 e. The summed E-state index contributed by atoms with van der Waals surface area (Å²) >= 11 is 0. The Morgan fingerprint density at radius 1 is 1.17 bits per heavy atom. The average molecular weight is 321 g/mol. The van der Waals surface area contributed by atoms with Crippen LogP contribution >= 0.6 is 0 Å². The highest BCUT2D eigenvalue weighted by Gasteiger charge is 2.28. The van der Waals surface area contributed by atoms with Crippen LogP contribution in [0.1, 0.15) is 65.2 Å². The third-order valence-corrected chi connectivity index (χ3v) is 4.31. The third kappa shape index (κ3) is 7.49. The van der Waals surface area contributed by atoms with E-state index in [2.05, 4.69) is 20.1 Å². The second kappa shape index (κ2) is 10.2. The van der Waals surface area contributed by atoms with Crippen LogP contribution < -0.4 is 0 Å². The minimum atomic E-state index is -0.0572. The SMILES string of the molecule is C=C(CCCC(C)CCCOC(=C)CC)CN1C(=O)CCC1=O. The molecule has 1 unspecified atom stereocenters. The van der Waals surface area contributed by atoms with Crippen LogP contribution in [0.25, 0.3) is 0 Å². The van der Waals surface area contributed by atoms with E-state index in [1.807, 2.05) is 6.92 Å². The van der Waals surface area contributed by atoms with Crippen LogP contribution in [0.4, 0.5) is 0 Å². The average Bonchev–Trinajstić information content (AvgIpc) is 2.83. The van der Waals surface area contributed by atoms with Gasteiger partial charge in [0.1, 0.15) is 0 Å². The van der Waals surface area contributed by atoms with E-state index in [1.165, 1.54) is 4.90 Å². The smallest absolute Gasteiger partial charge is 0.229 e. The van der Waals surface area contributed by atoms with E-state index in [9.17, 15) is 9.59 Å². The number of hydrogen-bond acceptors (Lipinski definition) is 3. The van der Waals surface area contributed by atoms with Crippen LogP contribution in [0.15, 0.2) is 24.5 Å². The summed E-state index contributed by atoms with van der Waals surface area (Å²) in [6.45, 7) is 13.3. The van der Waals surface area contributed by atoms with E-state index in [0.717, 1.165) is 56.5 Å². The van der Waals surface area contributed by atoms with Gasteiger partial charge >= 0.3 is 0 Å². The minimum Gasteiger partial charge on any atom is -0.499 e. The van der Waals surface area contributed by atoms with Gasteiger partial charge in [-0.1, -0.05) is 39.0 Å². The molecule has 0 saturated carbocycles. The van der Waals surface area contributed by atoms with E-state index >= 15 is 0 Å². The summed E-state index contributed by atoms with van der Waals surface area (Å²) in [5.41, 5.74) is 0.975. The first-order chi connectivity index (χ1) is 10.9. The van der Waals surface area contributed by atoms with Crippen molar-refractivity contribution in [2.24, 2.45) is 5.92 Å². The zero-order valence-corrected chi connectivity index (χ0v) is 14.7. The zero-order valence-electron chi connectivity index (χ0n) is 14.7. The van der Waals surface area contributed by atoms with Crippen molar-refractivity contribution < 1.29 is 14.3 Å². The molecule has 1 saturated heterocycles. The molecule has 0 radical (unpaired) electrons. The van der Waals surface area contributed by atoms with Gasteiger partial charge in [0.2, 0.25) is 11.8 Å². The molecule has 0 bridgehead atoms. The molecule has 0 aromatic carbocycles. The fourth-order valence-corrected chi connectivity index (χ4v) is 2.70. The fourth-order valence-electron chi connectivity index (χ4n) is 2.70. The van der Waals surface area contributed by atoms with Crippen molar-refractivity contribution in [3.8, 4) is 0 Å². The molecular formula is C19H31NO3. The van der Waals surface area contributed by atoms with Crippen LogP contribution in [0.2, 0.25) is 0 Å². The predicted octanol–water partition coefficient (Wildman–Crippen LogP) is 4.22. The largest absolute Gasteiger partial charge is 0.499 e. The van der Waals surface area contributed by atoms with E-state index in [0.29, 0.717) is 25.3 Å². The normalized spacial score (nSPS) is 15.8. The number of likely N-dealkylation sites (tertiary alicyclic amines) is 1. The van der Waals surface area contributed by atoms with Crippen molar-refractivity contribution in [1.29, 1.82) is 0 Å². The summed E-state index contributed by atoms with van der Waals surface area (Å²) in [6.07, 6.45) is 6.86. The van der Waals surface area contributed by atoms with Crippen LogP contribution in [-0.2, 0) is 14.3 Å². The Labute approximate surface area is 140 Å². The third-order valence-electron chi connectivity index (χ3n) is 4.31. The number of carbonyl (C=O) groups is 2. The quantitative estimate of drug-likeness (QED) is 0.234. The summed E-state index contributed by atoms with van der Waals surface area (Å²) in [5.74, 6) is 1.40. The van der Waals surface area contributed by atoms with Gasteiger partial charge in [-0.15, -0.1) is 0 Å². The van der Waals surface area contributed by atoms with Crippen molar-refractivity contribution in [3.05, 3.63) is 24.5 Å². The summed E-state index contributed by atoms with van der Waals surface area (Å²) in [5, 5.41) is 0. The number of nitrogens with zero attached hydrogens (tertiary/aromatic N) is 1. The van der Waals surface area contributed by atoms with Gasteiger partial charge in [0.15, 0.2) is 0 Å². The number of allylic oxidation sites excluding steroid dienone is 1. The molecule has 0 spiro atoms. The Kier molecular flexibility index (Phi) is 8.67. The minimum absolute atomic E-state index is 0.0572. The lowest BCUT2D eigenvalue weighted by Crippen LogP contribution is -2.30. The van der Waals surface area contributed by atoms with Crippen LogP contribution in [0.3, 0.4) is 0 Å². The molecule has 1 fully saturated rings. The second-order valence-corrected chi connectivity index (χ2v) is 6.50. The van der Waals surface area contributed by atoms with Gasteiger partial charge in [-0.2, -0.15) is 0 Å². The van der Waals surface area contributed by atoms with Gasteiger partial charge in [0.05, 0.1) is 12.4 Å². The van der Waals surface area contributed by atoms with E-state index in [4.69, 9.17) is 4.74 Å². The molecule has 0 N–H and O–H groups in total. The summed E-state index contributed by atoms with van der Waals surface area (Å²) in [7, 11) is 0. The first-order valence-electron chi connectivity index (χ1n) is 8.74. The molecule has 0 aromatic heterocycles. The monoisotopic (exact) mass is 321 g/mol. The number of ether oxygens (including phenoxy) is 1.